The van der Waals surface area contributed by atoms with Gasteiger partial charge in [-0.15, -0.1) is 0 Å². The Morgan fingerprint density at radius 1 is 0.964 bits per heavy atom. The molecular weight excluding hydrogens is 352 g/mol. The maximum atomic E-state index is 12.7. The molecular formula is C23H22N2O3. The van der Waals surface area contributed by atoms with Crippen LogP contribution in [-0.2, 0) is 14.9 Å². The summed E-state index contributed by atoms with van der Waals surface area (Å²) in [6.45, 7) is 8.33. The number of esters is 1. The summed E-state index contributed by atoms with van der Waals surface area (Å²) in [4.78, 5) is 24.8. The molecule has 0 saturated heterocycles. The maximum Gasteiger partial charge on any atom is 0.341 e. The number of hydrogen-bond acceptors (Lipinski definition) is 4. The molecule has 1 aliphatic rings. The molecule has 3 aromatic rings. The van der Waals surface area contributed by atoms with Crippen molar-refractivity contribution in [1.82, 2.24) is 10.2 Å². The van der Waals surface area contributed by atoms with Gasteiger partial charge >= 0.3 is 5.97 Å². The number of carbonyl (C=O) groups excluding carboxylic acids is 1. The lowest BCUT2D eigenvalue weighted by atomic mass is 9.85. The largest absolute Gasteiger partial charge is 0.454 e. The van der Waals surface area contributed by atoms with Gasteiger partial charge in [0.1, 0.15) is 11.8 Å². The van der Waals surface area contributed by atoms with Crippen LogP contribution >= 0.6 is 0 Å². The topological polar surface area (TPSA) is 72.0 Å². The Balaban J connectivity index is 1.96. The number of aromatic nitrogens is 2. The lowest BCUT2D eigenvalue weighted by Crippen LogP contribution is -2.12. The summed E-state index contributed by atoms with van der Waals surface area (Å²) in [5.74, 6) is -0.424. The fourth-order valence-electron chi connectivity index (χ4n) is 3.65. The van der Waals surface area contributed by atoms with Crippen molar-refractivity contribution < 1.29 is 9.53 Å². The molecule has 0 spiro atoms. The Morgan fingerprint density at radius 2 is 1.61 bits per heavy atom. The van der Waals surface area contributed by atoms with Crippen LogP contribution in [0.2, 0.25) is 0 Å². The van der Waals surface area contributed by atoms with E-state index in [-0.39, 0.29) is 11.0 Å². The van der Waals surface area contributed by atoms with Gasteiger partial charge in [0.2, 0.25) is 0 Å². The van der Waals surface area contributed by atoms with Gasteiger partial charge < -0.3 is 4.74 Å². The van der Waals surface area contributed by atoms with Gasteiger partial charge in [0.15, 0.2) is 0 Å². The van der Waals surface area contributed by atoms with Crippen LogP contribution in [-0.4, -0.2) is 22.3 Å². The van der Waals surface area contributed by atoms with Crippen molar-refractivity contribution in [3.05, 3.63) is 75.7 Å². The van der Waals surface area contributed by atoms with E-state index in [1.165, 1.54) is 5.56 Å². The number of nitrogens with zero attached hydrogens (tertiary/aromatic N) is 1. The molecule has 0 radical (unpaired) electrons. The summed E-state index contributed by atoms with van der Waals surface area (Å²) in [6.07, 6.45) is -0.393. The Morgan fingerprint density at radius 3 is 2.25 bits per heavy atom. The first-order valence-corrected chi connectivity index (χ1v) is 9.31. The second-order valence-corrected chi connectivity index (χ2v) is 8.11. The van der Waals surface area contributed by atoms with E-state index in [2.05, 4.69) is 43.1 Å². The fourth-order valence-corrected chi connectivity index (χ4v) is 3.65. The lowest BCUT2D eigenvalue weighted by Gasteiger charge is -2.19. The summed E-state index contributed by atoms with van der Waals surface area (Å²) in [5, 5.41) is 7.85. The number of ether oxygens (including phenoxy) is 1. The van der Waals surface area contributed by atoms with E-state index >= 15 is 0 Å². The summed E-state index contributed by atoms with van der Waals surface area (Å²) in [7, 11) is 0. The fraction of sp³-hybridized carbons (Fsp3) is 0.261. The van der Waals surface area contributed by atoms with E-state index in [0.717, 1.165) is 11.1 Å². The van der Waals surface area contributed by atoms with Crippen LogP contribution in [0.4, 0.5) is 0 Å². The predicted octanol–water partition coefficient (Wildman–Crippen LogP) is 4.08. The van der Waals surface area contributed by atoms with Crippen LogP contribution < -0.4 is 5.56 Å². The first-order valence-electron chi connectivity index (χ1n) is 9.31. The van der Waals surface area contributed by atoms with Crippen LogP contribution in [0.1, 0.15) is 44.5 Å². The van der Waals surface area contributed by atoms with Crippen LogP contribution in [0.25, 0.3) is 21.9 Å². The number of carbonyl (C=O) groups is 1. The SMILES string of the molecule is CC1OC(=O)C(c2n[nH]c(=O)c3ccccc23)=C1c1ccc(C(C)(C)C)cc1. The smallest absolute Gasteiger partial charge is 0.341 e. The molecule has 0 aliphatic carbocycles. The number of cyclic esters (lactones) is 1. The lowest BCUT2D eigenvalue weighted by molar-refractivity contribution is -0.136. The van der Waals surface area contributed by atoms with Gasteiger partial charge in [-0.2, -0.15) is 5.10 Å². The third-order valence-electron chi connectivity index (χ3n) is 5.16. The van der Waals surface area contributed by atoms with Crippen molar-refractivity contribution >= 4 is 27.9 Å². The van der Waals surface area contributed by atoms with E-state index in [0.29, 0.717) is 22.0 Å². The zero-order valence-corrected chi connectivity index (χ0v) is 16.4. The highest BCUT2D eigenvalue weighted by molar-refractivity contribution is 6.29. The minimum Gasteiger partial charge on any atom is -0.454 e. The summed E-state index contributed by atoms with van der Waals surface area (Å²) in [6, 6.07) is 15.3. The maximum absolute atomic E-state index is 12.7. The van der Waals surface area contributed by atoms with Gasteiger partial charge in [-0.25, -0.2) is 9.89 Å². The molecule has 4 rings (SSSR count). The highest BCUT2D eigenvalue weighted by Crippen LogP contribution is 2.38. The van der Waals surface area contributed by atoms with Crippen molar-refractivity contribution in [2.75, 3.05) is 0 Å². The van der Waals surface area contributed by atoms with E-state index in [1.54, 1.807) is 18.2 Å². The number of rotatable bonds is 2. The zero-order valence-electron chi connectivity index (χ0n) is 16.4. The molecule has 1 aromatic heterocycles. The second kappa shape index (κ2) is 6.44. The van der Waals surface area contributed by atoms with Crippen molar-refractivity contribution in [3.63, 3.8) is 0 Å². The van der Waals surface area contributed by atoms with Crippen LogP contribution in [0.5, 0.6) is 0 Å². The molecule has 0 amide bonds. The molecule has 0 fully saturated rings. The molecule has 1 N–H and O–H groups in total. The van der Waals surface area contributed by atoms with E-state index < -0.39 is 12.1 Å². The molecule has 2 aromatic carbocycles. The molecule has 2 heterocycles. The minimum atomic E-state index is -0.424. The molecule has 28 heavy (non-hydrogen) atoms. The molecule has 1 unspecified atom stereocenters. The highest BCUT2D eigenvalue weighted by Gasteiger charge is 2.35. The van der Waals surface area contributed by atoms with Crippen molar-refractivity contribution in [2.24, 2.45) is 0 Å². The second-order valence-electron chi connectivity index (χ2n) is 8.11. The Kier molecular flexibility index (Phi) is 4.18. The minimum absolute atomic E-state index is 0.0417. The van der Waals surface area contributed by atoms with E-state index in [4.69, 9.17) is 4.74 Å². The van der Waals surface area contributed by atoms with Crippen LogP contribution in [0, 0.1) is 0 Å². The van der Waals surface area contributed by atoms with Gasteiger partial charge in [0.25, 0.3) is 5.56 Å². The monoisotopic (exact) mass is 374 g/mol. The number of nitrogens with one attached hydrogen (secondary N) is 1. The van der Waals surface area contributed by atoms with Crippen LogP contribution in [0.15, 0.2) is 53.3 Å². The molecule has 5 nitrogen and oxygen atoms in total. The third-order valence-corrected chi connectivity index (χ3v) is 5.16. The standard InChI is InChI=1S/C23H22N2O3/c1-13-18(14-9-11-15(12-10-14)23(2,3)4)19(22(27)28-13)20-16-7-5-6-8-17(16)21(26)25-24-20/h5-13H,1-4H3,(H,25,26). The van der Waals surface area contributed by atoms with Crippen LogP contribution in [0.3, 0.4) is 0 Å². The molecule has 0 saturated carbocycles. The number of aromatic amines is 1. The molecule has 5 heteroatoms. The van der Waals surface area contributed by atoms with Crippen molar-refractivity contribution in [1.29, 1.82) is 0 Å². The molecule has 1 aliphatic heterocycles. The third kappa shape index (κ3) is 2.93. The van der Waals surface area contributed by atoms with Crippen molar-refractivity contribution in [3.8, 4) is 0 Å². The van der Waals surface area contributed by atoms with E-state index in [9.17, 15) is 9.59 Å². The van der Waals surface area contributed by atoms with Gasteiger partial charge in [-0.3, -0.25) is 4.79 Å². The first-order chi connectivity index (χ1) is 13.3. The Hall–Kier alpha value is -3.21. The predicted molar refractivity (Wildman–Crippen MR) is 110 cm³/mol. The molecule has 142 valence electrons. The van der Waals surface area contributed by atoms with Gasteiger partial charge in [0, 0.05) is 11.0 Å². The van der Waals surface area contributed by atoms with Gasteiger partial charge in [-0.1, -0.05) is 63.2 Å². The summed E-state index contributed by atoms with van der Waals surface area (Å²) in [5.41, 5.74) is 3.52. The normalized spacial score (nSPS) is 17.3. The summed E-state index contributed by atoms with van der Waals surface area (Å²) >= 11 is 0. The van der Waals surface area contributed by atoms with Gasteiger partial charge in [-0.05, 0) is 29.5 Å². The number of H-pyrrole nitrogens is 1. The van der Waals surface area contributed by atoms with E-state index in [1.807, 2.05) is 25.1 Å². The summed E-state index contributed by atoms with van der Waals surface area (Å²) < 4.78 is 5.53. The Bertz CT molecular complexity index is 1160. The zero-order chi connectivity index (χ0) is 20.1. The number of hydrogen-bond donors (Lipinski definition) is 1. The highest BCUT2D eigenvalue weighted by atomic mass is 16.5. The van der Waals surface area contributed by atoms with Gasteiger partial charge in [0.05, 0.1) is 11.0 Å². The number of fused-ring (bicyclic) bond motifs is 1. The Labute approximate surface area is 163 Å². The first kappa shape index (κ1) is 18.2. The average Bonchev–Trinajstić information content (AvgIpc) is 2.95. The molecule has 0 bridgehead atoms. The average molecular weight is 374 g/mol. The van der Waals surface area contributed by atoms with Crippen molar-refractivity contribution in [2.45, 2.75) is 39.2 Å². The quantitative estimate of drug-likeness (QED) is 0.686. The molecule has 1 atom stereocenters. The number of benzene rings is 2.